The molecule has 0 saturated heterocycles. The number of halogens is 3. The lowest BCUT2D eigenvalue weighted by Gasteiger charge is -2.10. The quantitative estimate of drug-likeness (QED) is 0.657. The summed E-state index contributed by atoms with van der Waals surface area (Å²) >= 11 is 0. The Morgan fingerprint density at radius 1 is 0.846 bits per heavy atom. The van der Waals surface area contributed by atoms with E-state index in [0.717, 1.165) is 12.1 Å². The molecular weight excluding hydrogens is 367 g/mol. The number of sulfonamides is 1. The van der Waals surface area contributed by atoms with Gasteiger partial charge in [0, 0.05) is 0 Å². The van der Waals surface area contributed by atoms with Gasteiger partial charge in [0.05, 0.1) is 22.5 Å². The van der Waals surface area contributed by atoms with Gasteiger partial charge in [0.15, 0.2) is 17.5 Å². The summed E-state index contributed by atoms with van der Waals surface area (Å²) in [5.41, 5.74) is -0.0131. The third kappa shape index (κ3) is 3.77. The first-order valence-corrected chi connectivity index (χ1v) is 8.79. The van der Waals surface area contributed by atoms with Gasteiger partial charge in [0.2, 0.25) is 0 Å². The highest BCUT2D eigenvalue weighted by molar-refractivity contribution is 7.92. The SMILES string of the molecule is O=S(=O)(Nc1ccc(Nc2ccc(F)c(F)c2F)cn1)c1ccccc1. The Balaban J connectivity index is 1.76. The number of hydrogen-bond acceptors (Lipinski definition) is 4. The second-order valence-corrected chi connectivity index (χ2v) is 6.88. The molecule has 0 aliphatic rings. The fourth-order valence-electron chi connectivity index (χ4n) is 2.10. The van der Waals surface area contributed by atoms with Crippen molar-refractivity contribution < 1.29 is 21.6 Å². The fourth-order valence-corrected chi connectivity index (χ4v) is 3.13. The lowest BCUT2D eigenvalue weighted by Crippen LogP contribution is -2.13. The molecule has 0 saturated carbocycles. The van der Waals surface area contributed by atoms with Crippen LogP contribution in [0, 0.1) is 17.5 Å². The molecule has 0 bridgehead atoms. The van der Waals surface area contributed by atoms with Crippen molar-refractivity contribution >= 4 is 27.2 Å². The number of anilines is 3. The van der Waals surface area contributed by atoms with Gasteiger partial charge in [-0.25, -0.2) is 26.6 Å². The van der Waals surface area contributed by atoms with Gasteiger partial charge in [-0.2, -0.15) is 0 Å². The van der Waals surface area contributed by atoms with Crippen molar-refractivity contribution in [3.63, 3.8) is 0 Å². The number of rotatable bonds is 5. The van der Waals surface area contributed by atoms with E-state index >= 15 is 0 Å². The number of benzene rings is 2. The zero-order valence-corrected chi connectivity index (χ0v) is 13.9. The highest BCUT2D eigenvalue weighted by Gasteiger charge is 2.15. The Hall–Kier alpha value is -3.07. The van der Waals surface area contributed by atoms with Crippen molar-refractivity contribution in [2.45, 2.75) is 4.90 Å². The number of nitrogens with zero attached hydrogens (tertiary/aromatic N) is 1. The van der Waals surface area contributed by atoms with E-state index in [1.54, 1.807) is 18.2 Å². The number of hydrogen-bond donors (Lipinski definition) is 2. The van der Waals surface area contributed by atoms with Gasteiger partial charge in [-0.3, -0.25) is 4.72 Å². The van der Waals surface area contributed by atoms with Gasteiger partial charge in [0.1, 0.15) is 5.82 Å². The first-order valence-electron chi connectivity index (χ1n) is 7.31. The van der Waals surface area contributed by atoms with E-state index < -0.39 is 27.5 Å². The van der Waals surface area contributed by atoms with E-state index in [4.69, 9.17) is 0 Å². The molecule has 26 heavy (non-hydrogen) atoms. The Morgan fingerprint density at radius 3 is 2.23 bits per heavy atom. The van der Waals surface area contributed by atoms with Crippen LogP contribution in [0.3, 0.4) is 0 Å². The number of pyridine rings is 1. The summed E-state index contributed by atoms with van der Waals surface area (Å²) in [5, 5.41) is 2.54. The van der Waals surface area contributed by atoms with Gasteiger partial charge < -0.3 is 5.32 Å². The predicted octanol–water partition coefficient (Wildman–Crippen LogP) is 4.04. The van der Waals surface area contributed by atoms with Crippen LogP contribution in [0.2, 0.25) is 0 Å². The maximum Gasteiger partial charge on any atom is 0.263 e. The van der Waals surface area contributed by atoms with Crippen LogP contribution in [0.1, 0.15) is 0 Å². The van der Waals surface area contributed by atoms with E-state index in [0.29, 0.717) is 0 Å². The minimum Gasteiger partial charge on any atom is -0.352 e. The van der Waals surface area contributed by atoms with Crippen LogP contribution in [0.4, 0.5) is 30.4 Å². The summed E-state index contributed by atoms with van der Waals surface area (Å²) in [7, 11) is -3.79. The highest BCUT2D eigenvalue weighted by Crippen LogP contribution is 2.24. The zero-order valence-electron chi connectivity index (χ0n) is 13.1. The summed E-state index contributed by atoms with van der Waals surface area (Å²) in [6.45, 7) is 0. The average Bonchev–Trinajstić information content (AvgIpc) is 2.64. The molecule has 5 nitrogen and oxygen atoms in total. The van der Waals surface area contributed by atoms with Crippen LogP contribution < -0.4 is 10.0 Å². The molecule has 1 heterocycles. The standard InChI is InChI=1S/C17H12F3N3O2S/c18-13-7-8-14(17(20)16(13)19)22-11-6-9-15(21-10-11)23-26(24,25)12-4-2-1-3-5-12/h1-10,22H,(H,21,23). The van der Waals surface area contributed by atoms with Crippen LogP contribution >= 0.6 is 0 Å². The molecular formula is C17H12F3N3O2S. The molecule has 1 aromatic heterocycles. The average molecular weight is 379 g/mol. The molecule has 2 aromatic carbocycles. The zero-order chi connectivity index (χ0) is 18.7. The Bertz CT molecular complexity index is 1030. The fraction of sp³-hybridized carbons (Fsp3) is 0. The summed E-state index contributed by atoms with van der Waals surface area (Å²) in [5.74, 6) is -4.20. The minimum absolute atomic E-state index is 0.0464. The van der Waals surface area contributed by atoms with Crippen molar-refractivity contribution in [3.05, 3.63) is 78.2 Å². The molecule has 0 aliphatic heterocycles. The lowest BCUT2D eigenvalue weighted by atomic mass is 10.2. The highest BCUT2D eigenvalue weighted by atomic mass is 32.2. The number of aromatic nitrogens is 1. The molecule has 0 spiro atoms. The second kappa shape index (κ2) is 7.04. The first kappa shape index (κ1) is 17.7. The van der Waals surface area contributed by atoms with Crippen molar-refractivity contribution in [3.8, 4) is 0 Å². The molecule has 9 heteroatoms. The maximum absolute atomic E-state index is 13.6. The van der Waals surface area contributed by atoms with Crippen LogP contribution in [0.15, 0.2) is 65.7 Å². The van der Waals surface area contributed by atoms with Gasteiger partial charge in [0.25, 0.3) is 10.0 Å². The first-order chi connectivity index (χ1) is 12.4. The van der Waals surface area contributed by atoms with Crippen molar-refractivity contribution in [2.75, 3.05) is 10.0 Å². The minimum atomic E-state index is -3.79. The van der Waals surface area contributed by atoms with Gasteiger partial charge in [-0.15, -0.1) is 0 Å². The Kier molecular flexibility index (Phi) is 4.81. The molecule has 0 aliphatic carbocycles. The topological polar surface area (TPSA) is 71.1 Å². The summed E-state index contributed by atoms with van der Waals surface area (Å²) < 4.78 is 66.5. The molecule has 0 unspecified atom stereocenters. The Labute approximate surface area is 147 Å². The van der Waals surface area contributed by atoms with E-state index in [9.17, 15) is 21.6 Å². The van der Waals surface area contributed by atoms with Gasteiger partial charge in [-0.05, 0) is 36.4 Å². The van der Waals surface area contributed by atoms with Crippen LogP contribution in [0.5, 0.6) is 0 Å². The third-order valence-electron chi connectivity index (χ3n) is 3.37. The van der Waals surface area contributed by atoms with Gasteiger partial charge >= 0.3 is 0 Å². The normalized spacial score (nSPS) is 11.2. The van der Waals surface area contributed by atoms with E-state index in [2.05, 4.69) is 15.0 Å². The third-order valence-corrected chi connectivity index (χ3v) is 4.74. The van der Waals surface area contributed by atoms with Crippen LogP contribution in [0.25, 0.3) is 0 Å². The molecule has 0 atom stereocenters. The summed E-state index contributed by atoms with van der Waals surface area (Å²) in [6.07, 6.45) is 1.23. The Morgan fingerprint density at radius 2 is 1.58 bits per heavy atom. The molecule has 0 radical (unpaired) electrons. The van der Waals surface area contributed by atoms with Crippen molar-refractivity contribution in [1.82, 2.24) is 4.98 Å². The maximum atomic E-state index is 13.6. The monoisotopic (exact) mass is 379 g/mol. The molecule has 0 fully saturated rings. The smallest absolute Gasteiger partial charge is 0.263 e. The van der Waals surface area contributed by atoms with Crippen molar-refractivity contribution in [2.24, 2.45) is 0 Å². The molecule has 3 aromatic rings. The van der Waals surface area contributed by atoms with Gasteiger partial charge in [-0.1, -0.05) is 18.2 Å². The number of nitrogens with one attached hydrogen (secondary N) is 2. The van der Waals surface area contributed by atoms with Crippen LogP contribution in [-0.2, 0) is 10.0 Å². The van der Waals surface area contributed by atoms with E-state index in [1.165, 1.54) is 30.5 Å². The molecule has 0 amide bonds. The largest absolute Gasteiger partial charge is 0.352 e. The second-order valence-electron chi connectivity index (χ2n) is 5.20. The van der Waals surface area contributed by atoms with E-state index in [-0.39, 0.29) is 22.1 Å². The molecule has 2 N–H and O–H groups in total. The van der Waals surface area contributed by atoms with Crippen molar-refractivity contribution in [1.29, 1.82) is 0 Å². The molecule has 3 rings (SSSR count). The lowest BCUT2D eigenvalue weighted by molar-refractivity contribution is 0.449. The summed E-state index contributed by atoms with van der Waals surface area (Å²) in [6, 6.07) is 12.3. The summed E-state index contributed by atoms with van der Waals surface area (Å²) in [4.78, 5) is 3.99. The van der Waals surface area contributed by atoms with Crippen LogP contribution in [-0.4, -0.2) is 13.4 Å². The molecule has 134 valence electrons. The predicted molar refractivity (Wildman–Crippen MR) is 91.1 cm³/mol. The van der Waals surface area contributed by atoms with E-state index in [1.807, 2.05) is 0 Å².